The van der Waals surface area contributed by atoms with Crippen LogP contribution in [0.4, 0.5) is 0 Å². The van der Waals surface area contributed by atoms with Crippen LogP contribution in [0, 0.1) is 0 Å². The Labute approximate surface area is 123 Å². The zero-order chi connectivity index (χ0) is 14.5. The molecule has 0 saturated carbocycles. The van der Waals surface area contributed by atoms with Gasteiger partial charge in [0.15, 0.2) is 0 Å². The average molecular weight is 293 g/mol. The molecule has 0 heterocycles. The molecule has 0 spiro atoms. The van der Waals surface area contributed by atoms with Crippen LogP contribution in [0.25, 0.3) is 0 Å². The minimum atomic E-state index is -0.714. The molecule has 0 amide bonds. The maximum Gasteiger partial charge on any atom is 0.125 e. The highest BCUT2D eigenvalue weighted by Gasteiger charge is 2.13. The van der Waals surface area contributed by atoms with Crippen molar-refractivity contribution in [1.29, 1.82) is 0 Å². The molecule has 0 radical (unpaired) electrons. The maximum absolute atomic E-state index is 10.1. The molecular weight excluding hydrogens is 276 g/mol. The van der Waals surface area contributed by atoms with Crippen molar-refractivity contribution < 1.29 is 14.9 Å². The van der Waals surface area contributed by atoms with Crippen molar-refractivity contribution in [2.45, 2.75) is 19.1 Å². The van der Waals surface area contributed by atoms with E-state index in [-0.39, 0.29) is 6.61 Å². The third-order valence-electron chi connectivity index (χ3n) is 3.00. The number of aliphatic hydroxyl groups excluding tert-OH is 2. The Kier molecular flexibility index (Phi) is 5.01. The van der Waals surface area contributed by atoms with Crippen LogP contribution in [0.3, 0.4) is 0 Å². The summed E-state index contributed by atoms with van der Waals surface area (Å²) in [5.41, 5.74) is 1.40. The number of aliphatic hydroxyl groups is 2. The predicted molar refractivity (Wildman–Crippen MR) is 79.0 cm³/mol. The van der Waals surface area contributed by atoms with E-state index in [0.29, 0.717) is 16.3 Å². The summed E-state index contributed by atoms with van der Waals surface area (Å²) in [6, 6.07) is 14.3. The molecule has 0 fully saturated rings. The standard InChI is InChI=1S/C16H17ClO3/c1-11(18)14-9-13(17)7-8-16(14)20-10-15(19)12-5-3-2-4-6-12/h2-9,11,15,18-19H,10H2,1H3/t11-,15?/m1/s1. The van der Waals surface area contributed by atoms with E-state index in [4.69, 9.17) is 16.3 Å². The van der Waals surface area contributed by atoms with Crippen LogP contribution >= 0.6 is 11.6 Å². The van der Waals surface area contributed by atoms with Crippen LogP contribution in [-0.4, -0.2) is 16.8 Å². The van der Waals surface area contributed by atoms with Gasteiger partial charge in [0.1, 0.15) is 18.5 Å². The summed E-state index contributed by atoms with van der Waals surface area (Å²) in [6.45, 7) is 1.76. The number of halogens is 1. The summed E-state index contributed by atoms with van der Waals surface area (Å²) in [6.07, 6.45) is -1.40. The van der Waals surface area contributed by atoms with Gasteiger partial charge in [0, 0.05) is 10.6 Å². The van der Waals surface area contributed by atoms with E-state index < -0.39 is 12.2 Å². The lowest BCUT2D eigenvalue weighted by atomic mass is 10.1. The first-order chi connectivity index (χ1) is 9.58. The molecule has 2 aromatic rings. The lowest BCUT2D eigenvalue weighted by molar-refractivity contribution is 0.105. The second-order valence-electron chi connectivity index (χ2n) is 4.60. The van der Waals surface area contributed by atoms with Crippen molar-refractivity contribution >= 4 is 11.6 Å². The summed E-state index contributed by atoms with van der Waals surface area (Å²) in [5.74, 6) is 0.527. The van der Waals surface area contributed by atoms with Gasteiger partial charge in [0.05, 0.1) is 6.10 Å². The Balaban J connectivity index is 2.08. The molecule has 2 atom stereocenters. The summed E-state index contributed by atoms with van der Waals surface area (Å²) in [7, 11) is 0. The van der Waals surface area contributed by atoms with Crippen molar-refractivity contribution in [2.75, 3.05) is 6.61 Å². The van der Waals surface area contributed by atoms with Crippen molar-refractivity contribution in [2.24, 2.45) is 0 Å². The van der Waals surface area contributed by atoms with Crippen LogP contribution in [-0.2, 0) is 0 Å². The third kappa shape index (κ3) is 3.73. The molecule has 0 aromatic heterocycles. The monoisotopic (exact) mass is 292 g/mol. The van der Waals surface area contributed by atoms with Crippen molar-refractivity contribution in [1.82, 2.24) is 0 Å². The summed E-state index contributed by atoms with van der Waals surface area (Å²) < 4.78 is 5.60. The van der Waals surface area contributed by atoms with Crippen LogP contribution in [0.15, 0.2) is 48.5 Å². The largest absolute Gasteiger partial charge is 0.490 e. The number of rotatable bonds is 5. The number of hydrogen-bond acceptors (Lipinski definition) is 3. The quantitative estimate of drug-likeness (QED) is 0.887. The molecule has 2 N–H and O–H groups in total. The molecule has 20 heavy (non-hydrogen) atoms. The summed E-state index contributed by atoms with van der Waals surface area (Å²) >= 11 is 5.90. The average Bonchev–Trinajstić information content (AvgIpc) is 2.46. The first kappa shape index (κ1) is 14.9. The highest BCUT2D eigenvalue weighted by molar-refractivity contribution is 6.30. The fraction of sp³-hybridized carbons (Fsp3) is 0.250. The molecule has 3 nitrogen and oxygen atoms in total. The van der Waals surface area contributed by atoms with Gasteiger partial charge in [0.2, 0.25) is 0 Å². The predicted octanol–water partition coefficient (Wildman–Crippen LogP) is 3.51. The number of hydrogen-bond donors (Lipinski definition) is 2. The fourth-order valence-corrected chi connectivity index (χ4v) is 2.10. The van der Waals surface area contributed by atoms with E-state index in [1.807, 2.05) is 30.3 Å². The van der Waals surface area contributed by atoms with Gasteiger partial charge in [-0.05, 0) is 30.7 Å². The molecule has 0 saturated heterocycles. The van der Waals surface area contributed by atoms with E-state index in [1.165, 1.54) is 0 Å². The minimum absolute atomic E-state index is 0.116. The molecule has 0 bridgehead atoms. The fourth-order valence-electron chi connectivity index (χ4n) is 1.92. The zero-order valence-corrected chi connectivity index (χ0v) is 11.9. The number of ether oxygens (including phenoxy) is 1. The molecule has 0 aliphatic rings. The van der Waals surface area contributed by atoms with Gasteiger partial charge in [-0.15, -0.1) is 0 Å². The van der Waals surface area contributed by atoms with Gasteiger partial charge in [-0.1, -0.05) is 41.9 Å². The Morgan fingerprint density at radius 2 is 1.80 bits per heavy atom. The molecule has 0 aliphatic heterocycles. The third-order valence-corrected chi connectivity index (χ3v) is 3.24. The zero-order valence-electron chi connectivity index (χ0n) is 11.2. The molecule has 2 aromatic carbocycles. The molecule has 106 valence electrons. The second kappa shape index (κ2) is 6.75. The molecule has 1 unspecified atom stereocenters. The van der Waals surface area contributed by atoms with E-state index in [0.717, 1.165) is 5.56 Å². The second-order valence-corrected chi connectivity index (χ2v) is 5.03. The molecular formula is C16H17ClO3. The van der Waals surface area contributed by atoms with Crippen LogP contribution in [0.5, 0.6) is 5.75 Å². The van der Waals surface area contributed by atoms with Gasteiger partial charge in [-0.3, -0.25) is 0 Å². The van der Waals surface area contributed by atoms with E-state index in [9.17, 15) is 10.2 Å². The van der Waals surface area contributed by atoms with E-state index in [2.05, 4.69) is 0 Å². The summed E-state index contributed by atoms with van der Waals surface area (Å²) in [4.78, 5) is 0. The first-order valence-corrected chi connectivity index (χ1v) is 6.79. The first-order valence-electron chi connectivity index (χ1n) is 6.41. The van der Waals surface area contributed by atoms with Crippen molar-refractivity contribution in [3.63, 3.8) is 0 Å². The van der Waals surface area contributed by atoms with E-state index >= 15 is 0 Å². The highest BCUT2D eigenvalue weighted by atomic mass is 35.5. The number of benzene rings is 2. The van der Waals surface area contributed by atoms with Gasteiger partial charge in [0.25, 0.3) is 0 Å². The Bertz CT molecular complexity index is 555. The molecule has 4 heteroatoms. The SMILES string of the molecule is C[C@@H](O)c1cc(Cl)ccc1OCC(O)c1ccccc1. The van der Waals surface area contributed by atoms with Crippen LogP contribution in [0.2, 0.25) is 5.02 Å². The Morgan fingerprint density at radius 1 is 1.10 bits per heavy atom. The maximum atomic E-state index is 10.1. The summed E-state index contributed by atoms with van der Waals surface area (Å²) in [5, 5.41) is 20.3. The Hall–Kier alpha value is -1.55. The van der Waals surface area contributed by atoms with Crippen molar-refractivity contribution in [3.05, 3.63) is 64.7 Å². The normalized spacial score (nSPS) is 13.8. The minimum Gasteiger partial charge on any atom is -0.490 e. The van der Waals surface area contributed by atoms with Crippen LogP contribution < -0.4 is 4.74 Å². The van der Waals surface area contributed by atoms with Gasteiger partial charge in [-0.2, -0.15) is 0 Å². The van der Waals surface area contributed by atoms with Gasteiger partial charge < -0.3 is 14.9 Å². The van der Waals surface area contributed by atoms with Crippen LogP contribution in [0.1, 0.15) is 30.3 Å². The lowest BCUT2D eigenvalue weighted by Crippen LogP contribution is -2.11. The van der Waals surface area contributed by atoms with E-state index in [1.54, 1.807) is 25.1 Å². The lowest BCUT2D eigenvalue weighted by Gasteiger charge is -2.16. The smallest absolute Gasteiger partial charge is 0.125 e. The highest BCUT2D eigenvalue weighted by Crippen LogP contribution is 2.29. The van der Waals surface area contributed by atoms with Gasteiger partial charge in [-0.25, -0.2) is 0 Å². The topological polar surface area (TPSA) is 49.7 Å². The van der Waals surface area contributed by atoms with Gasteiger partial charge >= 0.3 is 0 Å². The molecule has 2 rings (SSSR count). The van der Waals surface area contributed by atoms with Crippen molar-refractivity contribution in [3.8, 4) is 5.75 Å². The molecule has 0 aliphatic carbocycles. The Morgan fingerprint density at radius 3 is 2.45 bits per heavy atom.